The van der Waals surface area contributed by atoms with Gasteiger partial charge in [0.25, 0.3) is 5.69 Å². The van der Waals surface area contributed by atoms with E-state index in [4.69, 9.17) is 4.74 Å². The second kappa shape index (κ2) is 6.01. The van der Waals surface area contributed by atoms with Gasteiger partial charge in [0.1, 0.15) is 16.1 Å². The van der Waals surface area contributed by atoms with E-state index in [1.165, 1.54) is 18.2 Å². The topological polar surface area (TPSA) is 98.5 Å². The number of halogens is 1. The molecule has 1 N–H and O–H groups in total. The van der Waals surface area contributed by atoms with Gasteiger partial charge in [-0.15, -0.1) is 0 Å². The number of alkyl halides is 1. The lowest BCUT2D eigenvalue weighted by molar-refractivity contribution is -0.384. The Kier molecular flexibility index (Phi) is 4.91. The Morgan fingerprint density at radius 3 is 2.67 bits per heavy atom. The quantitative estimate of drug-likeness (QED) is 0.486. The van der Waals surface area contributed by atoms with Crippen molar-refractivity contribution in [2.75, 3.05) is 16.0 Å². The number of nitrogens with one attached hydrogen (secondary N) is 1. The summed E-state index contributed by atoms with van der Waals surface area (Å²) in [7, 11) is -3.63. The molecular weight excluding hydrogens is 328 g/mol. The van der Waals surface area contributed by atoms with Crippen LogP contribution in [-0.4, -0.2) is 24.6 Å². The predicted octanol–water partition coefficient (Wildman–Crippen LogP) is 2.09. The van der Waals surface area contributed by atoms with Crippen molar-refractivity contribution < 1.29 is 18.1 Å². The maximum Gasteiger partial charge on any atom is 0.297 e. The Hall–Kier alpha value is -1.35. The van der Waals surface area contributed by atoms with Gasteiger partial charge in [0.05, 0.1) is 17.6 Å². The predicted molar refractivity (Wildman–Crippen MR) is 70.6 cm³/mol. The fourth-order valence-corrected chi connectivity index (χ4v) is 2.11. The summed E-state index contributed by atoms with van der Waals surface area (Å²) in [6.45, 7) is 2.11. The molecule has 0 aliphatic heterocycles. The molecule has 0 aliphatic carbocycles. The average molecular weight is 339 g/mol. The van der Waals surface area contributed by atoms with Crippen LogP contribution in [0, 0.1) is 10.1 Å². The summed E-state index contributed by atoms with van der Waals surface area (Å²) in [5.74, 6) is 0.311. The summed E-state index contributed by atoms with van der Waals surface area (Å²) in [6, 6.07) is 3.93. The minimum Gasteiger partial charge on any atom is -0.494 e. The molecule has 0 heterocycles. The molecule has 1 rings (SSSR count). The zero-order chi connectivity index (χ0) is 13.8. The highest BCUT2D eigenvalue weighted by molar-refractivity contribution is 9.10. The van der Waals surface area contributed by atoms with Gasteiger partial charge in [-0.25, -0.2) is 8.42 Å². The van der Waals surface area contributed by atoms with Gasteiger partial charge in [0.15, 0.2) is 0 Å². The van der Waals surface area contributed by atoms with E-state index in [0.29, 0.717) is 12.4 Å². The first-order chi connectivity index (χ1) is 8.39. The van der Waals surface area contributed by atoms with Gasteiger partial charge in [-0.2, -0.15) is 0 Å². The molecule has 0 amide bonds. The van der Waals surface area contributed by atoms with Crippen LogP contribution in [0.2, 0.25) is 0 Å². The Labute approximate surface area is 112 Å². The van der Waals surface area contributed by atoms with Crippen molar-refractivity contribution >= 4 is 37.3 Å². The molecule has 0 atom stereocenters. The van der Waals surface area contributed by atoms with Crippen LogP contribution in [-0.2, 0) is 10.0 Å². The first-order valence-electron chi connectivity index (χ1n) is 4.87. The molecule has 7 nitrogen and oxygen atoms in total. The van der Waals surface area contributed by atoms with Crippen molar-refractivity contribution in [2.24, 2.45) is 0 Å². The van der Waals surface area contributed by atoms with Gasteiger partial charge in [-0.05, 0) is 19.1 Å². The number of ether oxygens (including phenoxy) is 1. The molecule has 9 heteroatoms. The van der Waals surface area contributed by atoms with E-state index in [-0.39, 0.29) is 16.0 Å². The van der Waals surface area contributed by atoms with E-state index in [2.05, 4.69) is 20.7 Å². The smallest absolute Gasteiger partial charge is 0.297 e. The molecule has 1 aromatic carbocycles. The Morgan fingerprint density at radius 2 is 2.17 bits per heavy atom. The maximum absolute atomic E-state index is 11.3. The first-order valence-corrected chi connectivity index (χ1v) is 7.64. The van der Waals surface area contributed by atoms with Gasteiger partial charge in [0, 0.05) is 0 Å². The highest BCUT2D eigenvalue weighted by Crippen LogP contribution is 2.30. The molecule has 0 bridgehead atoms. The number of hydrogen-bond donors (Lipinski definition) is 1. The van der Waals surface area contributed by atoms with Crippen molar-refractivity contribution in [3.8, 4) is 5.75 Å². The van der Waals surface area contributed by atoms with E-state index >= 15 is 0 Å². The van der Waals surface area contributed by atoms with Gasteiger partial charge in [-0.3, -0.25) is 14.8 Å². The molecule has 0 aliphatic rings. The highest BCUT2D eigenvalue weighted by atomic mass is 79.9. The lowest BCUT2D eigenvalue weighted by atomic mass is 10.2. The fraction of sp³-hybridized carbons (Fsp3) is 0.333. The molecule has 18 heavy (non-hydrogen) atoms. The lowest BCUT2D eigenvalue weighted by Crippen LogP contribution is -2.14. The third kappa shape index (κ3) is 3.84. The summed E-state index contributed by atoms with van der Waals surface area (Å²) in [5, 5.41) is 10.9. The Bertz CT molecular complexity index is 546. The molecule has 0 saturated carbocycles. The summed E-state index contributed by atoms with van der Waals surface area (Å²) in [6.07, 6.45) is 0. The molecule has 100 valence electrons. The maximum atomic E-state index is 11.3. The van der Waals surface area contributed by atoms with Gasteiger partial charge < -0.3 is 4.74 Å². The average Bonchev–Trinajstić information content (AvgIpc) is 2.31. The molecule has 0 saturated heterocycles. The Balaban J connectivity index is 3.16. The molecule has 0 aromatic heterocycles. The number of rotatable bonds is 6. The van der Waals surface area contributed by atoms with Crippen molar-refractivity contribution in [3.05, 3.63) is 28.3 Å². The third-order valence-electron chi connectivity index (χ3n) is 1.89. The van der Waals surface area contributed by atoms with Gasteiger partial charge in [-0.1, -0.05) is 15.9 Å². The molecule has 1 aromatic rings. The van der Waals surface area contributed by atoms with Gasteiger partial charge in [0.2, 0.25) is 10.0 Å². The lowest BCUT2D eigenvalue weighted by Gasteiger charge is -2.08. The molecule has 0 spiro atoms. The van der Waals surface area contributed by atoms with Crippen LogP contribution in [0.3, 0.4) is 0 Å². The molecule has 0 unspecified atom stereocenters. The van der Waals surface area contributed by atoms with Crippen LogP contribution < -0.4 is 9.46 Å². The van der Waals surface area contributed by atoms with Crippen molar-refractivity contribution in [3.63, 3.8) is 0 Å². The van der Waals surface area contributed by atoms with E-state index in [9.17, 15) is 18.5 Å². The minimum absolute atomic E-state index is 0.0945. The van der Waals surface area contributed by atoms with Crippen LogP contribution in [0.5, 0.6) is 5.75 Å². The Morgan fingerprint density at radius 1 is 1.50 bits per heavy atom. The van der Waals surface area contributed by atoms with Crippen LogP contribution in [0.25, 0.3) is 0 Å². The molecular formula is C9H11BrN2O5S. The van der Waals surface area contributed by atoms with E-state index in [1.807, 2.05) is 0 Å². The van der Waals surface area contributed by atoms with Crippen molar-refractivity contribution in [1.82, 2.24) is 0 Å². The number of hydrogen-bond acceptors (Lipinski definition) is 5. The zero-order valence-corrected chi connectivity index (χ0v) is 11.8. The third-order valence-corrected chi connectivity index (χ3v) is 4.51. The van der Waals surface area contributed by atoms with E-state index < -0.39 is 14.9 Å². The van der Waals surface area contributed by atoms with Crippen LogP contribution in [0.15, 0.2) is 18.2 Å². The number of anilines is 1. The van der Waals surface area contributed by atoms with Crippen molar-refractivity contribution in [2.45, 2.75) is 6.92 Å². The zero-order valence-electron chi connectivity index (χ0n) is 9.42. The second-order valence-corrected chi connectivity index (χ2v) is 6.22. The SMILES string of the molecule is CCOc1ccc(NS(=O)(=O)CBr)c([N+](=O)[O-])c1. The standard InChI is InChI=1S/C9H11BrN2O5S/c1-2-17-7-3-4-8(9(5-7)12(13)14)11-18(15,16)6-10/h3-5,11H,2,6H2,1H3. The molecule has 0 radical (unpaired) electrons. The summed E-state index contributed by atoms with van der Waals surface area (Å²) in [5.41, 5.74) is -0.451. The number of nitrogens with zero attached hydrogens (tertiary/aromatic N) is 1. The second-order valence-electron chi connectivity index (χ2n) is 3.19. The number of nitro benzene ring substituents is 1. The van der Waals surface area contributed by atoms with Gasteiger partial charge >= 0.3 is 0 Å². The fourth-order valence-electron chi connectivity index (χ4n) is 1.20. The van der Waals surface area contributed by atoms with Crippen LogP contribution in [0.1, 0.15) is 6.92 Å². The molecule has 0 fully saturated rings. The number of nitro groups is 1. The highest BCUT2D eigenvalue weighted by Gasteiger charge is 2.19. The summed E-state index contributed by atoms with van der Waals surface area (Å²) < 4.78 is 29.6. The van der Waals surface area contributed by atoms with Crippen LogP contribution in [0.4, 0.5) is 11.4 Å². The van der Waals surface area contributed by atoms with Crippen molar-refractivity contribution in [1.29, 1.82) is 0 Å². The van der Waals surface area contributed by atoms with E-state index in [1.54, 1.807) is 6.92 Å². The minimum atomic E-state index is -3.63. The summed E-state index contributed by atoms with van der Waals surface area (Å²) in [4.78, 5) is 10.2. The van der Waals surface area contributed by atoms with E-state index in [0.717, 1.165) is 0 Å². The first kappa shape index (κ1) is 14.7. The monoisotopic (exact) mass is 338 g/mol. The van der Waals surface area contributed by atoms with Crippen LogP contribution >= 0.6 is 15.9 Å². The summed E-state index contributed by atoms with van der Waals surface area (Å²) >= 11 is 2.78. The number of benzene rings is 1. The largest absolute Gasteiger partial charge is 0.494 e. The normalized spacial score (nSPS) is 11.0. The number of sulfonamides is 1.